The van der Waals surface area contributed by atoms with Crippen LogP contribution in [0.4, 0.5) is 5.69 Å². The largest absolute Gasteiger partial charge is 0.324 e. The van der Waals surface area contributed by atoms with Crippen molar-refractivity contribution >= 4 is 34.0 Å². The third-order valence-corrected chi connectivity index (χ3v) is 4.59. The molecule has 1 heterocycles. The van der Waals surface area contributed by atoms with Crippen LogP contribution in [0.25, 0.3) is 22.0 Å². The van der Waals surface area contributed by atoms with Gasteiger partial charge in [-0.1, -0.05) is 60.1 Å². The topological polar surface area (TPSA) is 64.0 Å². The Balaban J connectivity index is 1.76. The predicted molar refractivity (Wildman–Crippen MR) is 112 cm³/mol. The number of rotatable bonds is 4. The van der Waals surface area contributed by atoms with Gasteiger partial charge in [0.2, 0.25) is 5.91 Å². The highest BCUT2D eigenvalue weighted by Crippen LogP contribution is 2.25. The molecule has 0 aliphatic rings. The Morgan fingerprint density at radius 1 is 0.893 bits per heavy atom. The van der Waals surface area contributed by atoms with Gasteiger partial charge in [0.05, 0.1) is 11.1 Å². The third kappa shape index (κ3) is 3.66. The molecule has 0 unspecified atom stereocenters. The number of nitrogens with zero attached hydrogens (tertiary/aromatic N) is 2. The Morgan fingerprint density at radius 2 is 1.54 bits per heavy atom. The molecular weight excluding hydrogens is 374 g/mol. The first kappa shape index (κ1) is 17.9. The number of anilines is 1. The molecule has 0 radical (unpaired) electrons. The molecule has 138 valence electrons. The van der Waals surface area contributed by atoms with E-state index in [2.05, 4.69) is 10.4 Å². The molecule has 1 N–H and O–H groups in total. The maximum Gasteiger partial charge on any atom is 0.275 e. The molecule has 0 fully saturated rings. The first-order valence-corrected chi connectivity index (χ1v) is 9.10. The molecule has 5 nitrogen and oxygen atoms in total. The van der Waals surface area contributed by atoms with Crippen LogP contribution in [0.3, 0.4) is 0 Å². The van der Waals surface area contributed by atoms with Crippen molar-refractivity contribution in [3.05, 3.63) is 94.2 Å². The number of halogens is 1. The number of nitrogens with one attached hydrogen (secondary N) is 1. The zero-order chi connectivity index (χ0) is 19.5. The van der Waals surface area contributed by atoms with Crippen molar-refractivity contribution < 1.29 is 4.79 Å². The summed E-state index contributed by atoms with van der Waals surface area (Å²) in [5.74, 6) is -0.321. The standard InChI is InChI=1S/C22H16ClN3O2/c23-16-12-10-15(11-13-16)21-18-8-4-5-9-19(18)22(28)26(25-21)14-20(27)24-17-6-2-1-3-7-17/h1-13H,14H2,(H,24,27). The second kappa shape index (κ2) is 7.66. The smallest absolute Gasteiger partial charge is 0.275 e. The fourth-order valence-corrected chi connectivity index (χ4v) is 3.15. The van der Waals surface area contributed by atoms with Crippen molar-refractivity contribution in [1.29, 1.82) is 0 Å². The molecule has 0 saturated carbocycles. The average Bonchev–Trinajstić information content (AvgIpc) is 2.72. The van der Waals surface area contributed by atoms with Crippen LogP contribution in [-0.4, -0.2) is 15.7 Å². The lowest BCUT2D eigenvalue weighted by molar-refractivity contribution is -0.117. The van der Waals surface area contributed by atoms with Gasteiger partial charge in [0, 0.05) is 21.7 Å². The van der Waals surface area contributed by atoms with Gasteiger partial charge in [0.1, 0.15) is 6.54 Å². The van der Waals surface area contributed by atoms with Gasteiger partial charge < -0.3 is 5.32 Å². The van der Waals surface area contributed by atoms with Gasteiger partial charge in [0.25, 0.3) is 5.56 Å². The number of carbonyl (C=O) groups is 1. The highest BCUT2D eigenvalue weighted by atomic mass is 35.5. The molecule has 1 aromatic heterocycles. The quantitative estimate of drug-likeness (QED) is 0.564. The fourth-order valence-electron chi connectivity index (χ4n) is 3.02. The van der Waals surface area contributed by atoms with Crippen molar-refractivity contribution in [3.8, 4) is 11.3 Å². The molecule has 0 aliphatic heterocycles. The maximum absolute atomic E-state index is 12.9. The van der Waals surface area contributed by atoms with Gasteiger partial charge in [-0.2, -0.15) is 5.10 Å². The van der Waals surface area contributed by atoms with Crippen LogP contribution in [-0.2, 0) is 11.3 Å². The van der Waals surface area contributed by atoms with Gasteiger partial charge in [0.15, 0.2) is 0 Å². The van der Waals surface area contributed by atoms with E-state index < -0.39 is 0 Å². The number of fused-ring (bicyclic) bond motifs is 1. The van der Waals surface area contributed by atoms with Gasteiger partial charge in [-0.05, 0) is 30.3 Å². The summed E-state index contributed by atoms with van der Waals surface area (Å²) in [6.45, 7) is -0.181. The summed E-state index contributed by atoms with van der Waals surface area (Å²) >= 11 is 5.99. The van der Waals surface area contributed by atoms with E-state index in [-0.39, 0.29) is 18.0 Å². The van der Waals surface area contributed by atoms with Crippen LogP contribution in [0, 0.1) is 0 Å². The molecule has 0 spiro atoms. The summed E-state index contributed by atoms with van der Waals surface area (Å²) in [7, 11) is 0. The molecule has 4 rings (SSSR count). The first-order valence-electron chi connectivity index (χ1n) is 8.72. The van der Waals surface area contributed by atoms with E-state index in [0.717, 1.165) is 10.9 Å². The van der Waals surface area contributed by atoms with Gasteiger partial charge >= 0.3 is 0 Å². The molecular formula is C22H16ClN3O2. The highest BCUT2D eigenvalue weighted by Gasteiger charge is 2.14. The van der Waals surface area contributed by atoms with E-state index in [1.54, 1.807) is 36.4 Å². The van der Waals surface area contributed by atoms with Crippen molar-refractivity contribution in [1.82, 2.24) is 9.78 Å². The van der Waals surface area contributed by atoms with Crippen LogP contribution in [0.15, 0.2) is 83.7 Å². The summed E-state index contributed by atoms with van der Waals surface area (Å²) in [5, 5.41) is 9.11. The number of benzene rings is 3. The molecule has 0 atom stereocenters. The van der Waals surface area contributed by atoms with E-state index in [9.17, 15) is 9.59 Å². The van der Waals surface area contributed by atoms with Gasteiger partial charge in [-0.3, -0.25) is 9.59 Å². The number of hydrogen-bond donors (Lipinski definition) is 1. The first-order chi connectivity index (χ1) is 13.6. The van der Waals surface area contributed by atoms with E-state index in [1.165, 1.54) is 4.68 Å². The van der Waals surface area contributed by atoms with E-state index in [0.29, 0.717) is 21.8 Å². The monoisotopic (exact) mass is 389 g/mol. The summed E-state index contributed by atoms with van der Waals surface area (Å²) in [6, 6.07) is 23.6. The Kier molecular flexibility index (Phi) is 4.91. The van der Waals surface area contributed by atoms with Crippen molar-refractivity contribution in [2.24, 2.45) is 0 Å². The van der Waals surface area contributed by atoms with Crippen LogP contribution in [0.2, 0.25) is 5.02 Å². The second-order valence-electron chi connectivity index (χ2n) is 6.28. The summed E-state index contributed by atoms with van der Waals surface area (Å²) < 4.78 is 1.20. The lowest BCUT2D eigenvalue weighted by atomic mass is 10.1. The number of amides is 1. The van der Waals surface area contributed by atoms with E-state index in [1.807, 2.05) is 42.5 Å². The lowest BCUT2D eigenvalue weighted by Gasteiger charge is -2.11. The fraction of sp³-hybridized carbons (Fsp3) is 0.0455. The molecule has 6 heteroatoms. The number of para-hydroxylation sites is 1. The number of hydrogen-bond acceptors (Lipinski definition) is 3. The maximum atomic E-state index is 12.9. The van der Waals surface area contributed by atoms with Crippen molar-refractivity contribution in [3.63, 3.8) is 0 Å². The Labute approximate surface area is 166 Å². The molecule has 0 aliphatic carbocycles. The Hall–Kier alpha value is -3.44. The average molecular weight is 390 g/mol. The van der Waals surface area contributed by atoms with E-state index in [4.69, 9.17) is 11.6 Å². The molecule has 4 aromatic rings. The second-order valence-corrected chi connectivity index (χ2v) is 6.71. The number of carbonyl (C=O) groups excluding carboxylic acids is 1. The van der Waals surface area contributed by atoms with Gasteiger partial charge in [-0.25, -0.2) is 4.68 Å². The minimum absolute atomic E-state index is 0.181. The van der Waals surface area contributed by atoms with Crippen LogP contribution >= 0.6 is 11.6 Å². The van der Waals surface area contributed by atoms with Crippen LogP contribution < -0.4 is 10.9 Å². The zero-order valence-corrected chi connectivity index (χ0v) is 15.6. The molecule has 1 amide bonds. The Bertz CT molecular complexity index is 1200. The third-order valence-electron chi connectivity index (χ3n) is 4.34. The van der Waals surface area contributed by atoms with Gasteiger partial charge in [-0.15, -0.1) is 0 Å². The van der Waals surface area contributed by atoms with Crippen LogP contribution in [0.5, 0.6) is 0 Å². The summed E-state index contributed by atoms with van der Waals surface area (Å²) in [6.07, 6.45) is 0. The summed E-state index contributed by atoms with van der Waals surface area (Å²) in [5.41, 5.74) is 1.80. The van der Waals surface area contributed by atoms with Crippen LogP contribution in [0.1, 0.15) is 0 Å². The highest BCUT2D eigenvalue weighted by molar-refractivity contribution is 6.30. The van der Waals surface area contributed by atoms with E-state index >= 15 is 0 Å². The zero-order valence-electron chi connectivity index (χ0n) is 14.8. The molecule has 0 bridgehead atoms. The Morgan fingerprint density at radius 3 is 2.25 bits per heavy atom. The van der Waals surface area contributed by atoms with Crippen molar-refractivity contribution in [2.45, 2.75) is 6.54 Å². The molecule has 0 saturated heterocycles. The predicted octanol–water partition coefficient (Wildman–Crippen LogP) is 4.36. The normalized spacial score (nSPS) is 10.8. The minimum atomic E-state index is -0.321. The molecule has 28 heavy (non-hydrogen) atoms. The number of aromatic nitrogens is 2. The van der Waals surface area contributed by atoms with Crippen molar-refractivity contribution in [2.75, 3.05) is 5.32 Å². The summed E-state index contributed by atoms with van der Waals surface area (Å²) in [4.78, 5) is 25.3. The minimum Gasteiger partial charge on any atom is -0.324 e. The lowest BCUT2D eigenvalue weighted by Crippen LogP contribution is -2.30. The molecule has 3 aromatic carbocycles. The SMILES string of the molecule is O=C(Cn1nc(-c2ccc(Cl)cc2)c2ccccc2c1=O)Nc1ccccc1.